The molecule has 0 N–H and O–H groups in total. The zero-order valence-electron chi connectivity index (χ0n) is 16.8. The Morgan fingerprint density at radius 1 is 0.484 bits per heavy atom. The second kappa shape index (κ2) is 8.50. The van der Waals surface area contributed by atoms with Crippen molar-refractivity contribution in [3.63, 3.8) is 0 Å². The SMILES string of the molecule is C(#Cc1ccccc1)C(C#Cc1ccccc1)=C1c2ccccc2Oc2ccccc21. The Morgan fingerprint density at radius 2 is 0.903 bits per heavy atom. The Kier molecular flexibility index (Phi) is 5.09. The summed E-state index contributed by atoms with van der Waals surface area (Å²) in [6, 6.07) is 36.1. The number of ether oxygens (including phenoxy) is 1. The van der Waals surface area contributed by atoms with E-state index < -0.39 is 0 Å². The molecule has 144 valence electrons. The molecule has 0 unspecified atom stereocenters. The van der Waals surface area contributed by atoms with Crippen LogP contribution in [0, 0.1) is 23.7 Å². The summed E-state index contributed by atoms with van der Waals surface area (Å²) in [6.45, 7) is 0. The molecule has 0 fully saturated rings. The lowest BCUT2D eigenvalue weighted by Gasteiger charge is -2.23. The first-order valence-electron chi connectivity index (χ1n) is 10.1. The standard InChI is InChI=1S/C30H18O/c1-3-11-23(12-4-1)19-21-25(22-20-24-13-5-2-6-14-24)30-26-15-7-9-17-28(26)31-29-18-10-8-16-27(29)30/h1-18H. The lowest BCUT2D eigenvalue weighted by atomic mass is 9.90. The Labute approximate surface area is 182 Å². The van der Waals surface area contributed by atoms with Gasteiger partial charge in [-0.25, -0.2) is 0 Å². The largest absolute Gasteiger partial charge is 0.456 e. The Balaban J connectivity index is 1.76. The lowest BCUT2D eigenvalue weighted by molar-refractivity contribution is 0.474. The normalized spacial score (nSPS) is 10.9. The van der Waals surface area contributed by atoms with E-state index in [1.165, 1.54) is 0 Å². The number of allylic oxidation sites excluding steroid dienone is 1. The van der Waals surface area contributed by atoms with Crippen LogP contribution >= 0.6 is 0 Å². The van der Waals surface area contributed by atoms with Crippen LogP contribution in [0.15, 0.2) is 115 Å². The highest BCUT2D eigenvalue weighted by Gasteiger charge is 2.23. The summed E-state index contributed by atoms with van der Waals surface area (Å²) in [5, 5.41) is 0. The number of fused-ring (bicyclic) bond motifs is 2. The van der Waals surface area contributed by atoms with Crippen molar-refractivity contribution in [3.05, 3.63) is 137 Å². The van der Waals surface area contributed by atoms with Crippen LogP contribution in [0.25, 0.3) is 5.57 Å². The van der Waals surface area contributed by atoms with Gasteiger partial charge in [0.05, 0.1) is 5.57 Å². The first-order valence-corrected chi connectivity index (χ1v) is 10.1. The van der Waals surface area contributed by atoms with Crippen LogP contribution in [0.1, 0.15) is 22.3 Å². The van der Waals surface area contributed by atoms with Crippen molar-refractivity contribution in [3.8, 4) is 35.2 Å². The Morgan fingerprint density at radius 3 is 1.39 bits per heavy atom. The minimum Gasteiger partial charge on any atom is -0.456 e. The molecule has 5 rings (SSSR count). The number of benzene rings is 4. The fourth-order valence-corrected chi connectivity index (χ4v) is 3.53. The zero-order chi connectivity index (χ0) is 20.9. The average molecular weight is 394 g/mol. The molecule has 1 aliphatic heterocycles. The maximum Gasteiger partial charge on any atom is 0.135 e. The highest BCUT2D eigenvalue weighted by Crippen LogP contribution is 2.44. The van der Waals surface area contributed by atoms with Crippen LogP contribution < -0.4 is 4.74 Å². The van der Waals surface area contributed by atoms with E-state index in [0.29, 0.717) is 0 Å². The Bertz CT molecular complexity index is 1280. The predicted octanol–water partition coefficient (Wildman–Crippen LogP) is 6.70. The van der Waals surface area contributed by atoms with Crippen LogP contribution in [-0.4, -0.2) is 0 Å². The third kappa shape index (κ3) is 3.99. The van der Waals surface area contributed by atoms with Crippen LogP contribution in [0.3, 0.4) is 0 Å². The summed E-state index contributed by atoms with van der Waals surface area (Å²) < 4.78 is 6.15. The molecule has 31 heavy (non-hydrogen) atoms. The molecule has 0 spiro atoms. The summed E-state index contributed by atoms with van der Waals surface area (Å²) in [6.07, 6.45) is 0. The highest BCUT2D eigenvalue weighted by molar-refractivity contribution is 5.93. The molecule has 0 atom stereocenters. The maximum atomic E-state index is 6.15. The molecule has 0 amide bonds. The van der Waals surface area contributed by atoms with Crippen molar-refractivity contribution in [1.29, 1.82) is 0 Å². The van der Waals surface area contributed by atoms with Gasteiger partial charge in [-0.1, -0.05) is 96.5 Å². The predicted molar refractivity (Wildman–Crippen MR) is 126 cm³/mol. The minimum atomic E-state index is 0.774. The van der Waals surface area contributed by atoms with Gasteiger partial charge in [-0.3, -0.25) is 0 Å². The lowest BCUT2D eigenvalue weighted by Crippen LogP contribution is -2.04. The van der Waals surface area contributed by atoms with Gasteiger partial charge in [0, 0.05) is 27.8 Å². The van der Waals surface area contributed by atoms with Gasteiger partial charge in [-0.15, -0.1) is 0 Å². The topological polar surface area (TPSA) is 9.23 Å². The van der Waals surface area contributed by atoms with E-state index in [4.69, 9.17) is 4.74 Å². The zero-order valence-corrected chi connectivity index (χ0v) is 16.8. The van der Waals surface area contributed by atoms with E-state index in [2.05, 4.69) is 35.8 Å². The molecule has 1 heteroatoms. The van der Waals surface area contributed by atoms with Gasteiger partial charge in [0.25, 0.3) is 0 Å². The van der Waals surface area contributed by atoms with Crippen LogP contribution in [0.5, 0.6) is 11.5 Å². The number of hydrogen-bond acceptors (Lipinski definition) is 1. The average Bonchev–Trinajstić information content (AvgIpc) is 2.84. The van der Waals surface area contributed by atoms with Gasteiger partial charge in [0.15, 0.2) is 0 Å². The van der Waals surface area contributed by atoms with Crippen molar-refractivity contribution >= 4 is 5.57 Å². The van der Waals surface area contributed by atoms with Gasteiger partial charge >= 0.3 is 0 Å². The molecular weight excluding hydrogens is 376 g/mol. The molecule has 1 heterocycles. The minimum absolute atomic E-state index is 0.774. The summed E-state index contributed by atoms with van der Waals surface area (Å²) in [5.41, 5.74) is 5.69. The number of para-hydroxylation sites is 2. The fraction of sp³-hybridized carbons (Fsp3) is 0. The maximum absolute atomic E-state index is 6.15. The van der Waals surface area contributed by atoms with Crippen molar-refractivity contribution in [2.24, 2.45) is 0 Å². The van der Waals surface area contributed by atoms with E-state index in [0.717, 1.165) is 44.9 Å². The molecule has 0 saturated carbocycles. The van der Waals surface area contributed by atoms with Gasteiger partial charge in [0.1, 0.15) is 11.5 Å². The van der Waals surface area contributed by atoms with Crippen molar-refractivity contribution in [2.45, 2.75) is 0 Å². The van der Waals surface area contributed by atoms with Crippen molar-refractivity contribution in [2.75, 3.05) is 0 Å². The second-order valence-corrected chi connectivity index (χ2v) is 7.08. The molecule has 0 bridgehead atoms. The summed E-state index contributed by atoms with van der Waals surface area (Å²) in [7, 11) is 0. The van der Waals surface area contributed by atoms with Crippen molar-refractivity contribution < 1.29 is 4.74 Å². The molecule has 0 saturated heterocycles. The molecule has 0 radical (unpaired) electrons. The number of hydrogen-bond donors (Lipinski definition) is 0. The molecule has 0 aromatic heterocycles. The molecule has 1 nitrogen and oxygen atoms in total. The van der Waals surface area contributed by atoms with Gasteiger partial charge in [-0.2, -0.15) is 0 Å². The first kappa shape index (κ1) is 18.6. The highest BCUT2D eigenvalue weighted by atomic mass is 16.5. The van der Waals surface area contributed by atoms with E-state index in [9.17, 15) is 0 Å². The molecule has 1 aliphatic rings. The van der Waals surface area contributed by atoms with Gasteiger partial charge < -0.3 is 4.74 Å². The van der Waals surface area contributed by atoms with Gasteiger partial charge in [0.2, 0.25) is 0 Å². The number of rotatable bonds is 0. The smallest absolute Gasteiger partial charge is 0.135 e. The molecule has 4 aromatic rings. The van der Waals surface area contributed by atoms with Crippen LogP contribution in [0.4, 0.5) is 0 Å². The molecule has 4 aromatic carbocycles. The Hall–Kier alpha value is -4.46. The fourth-order valence-electron chi connectivity index (χ4n) is 3.53. The first-order chi connectivity index (χ1) is 15.4. The second-order valence-electron chi connectivity index (χ2n) is 7.08. The van der Waals surface area contributed by atoms with E-state index in [1.807, 2.05) is 97.1 Å². The van der Waals surface area contributed by atoms with E-state index in [1.54, 1.807) is 0 Å². The quantitative estimate of drug-likeness (QED) is 0.266. The van der Waals surface area contributed by atoms with E-state index in [-0.39, 0.29) is 0 Å². The van der Waals surface area contributed by atoms with Crippen molar-refractivity contribution in [1.82, 2.24) is 0 Å². The van der Waals surface area contributed by atoms with Gasteiger partial charge in [-0.05, 0) is 36.4 Å². The molecule has 0 aliphatic carbocycles. The van der Waals surface area contributed by atoms with Crippen LogP contribution in [-0.2, 0) is 0 Å². The van der Waals surface area contributed by atoms with Crippen LogP contribution in [0.2, 0.25) is 0 Å². The van der Waals surface area contributed by atoms with E-state index >= 15 is 0 Å². The summed E-state index contributed by atoms with van der Waals surface area (Å²) in [5.74, 6) is 14.9. The monoisotopic (exact) mass is 394 g/mol. The third-order valence-corrected chi connectivity index (χ3v) is 4.99. The molecular formula is C30H18O. The summed E-state index contributed by atoms with van der Waals surface area (Å²) >= 11 is 0. The third-order valence-electron chi connectivity index (χ3n) is 4.99. The summed E-state index contributed by atoms with van der Waals surface area (Å²) in [4.78, 5) is 0.